The van der Waals surface area contributed by atoms with Gasteiger partial charge in [-0.1, -0.05) is 11.4 Å². The van der Waals surface area contributed by atoms with Crippen molar-refractivity contribution in [3.8, 4) is 11.5 Å². The summed E-state index contributed by atoms with van der Waals surface area (Å²) in [6.45, 7) is 2.17. The maximum Gasteiger partial charge on any atom is 0.271 e. The van der Waals surface area contributed by atoms with E-state index in [0.29, 0.717) is 22.8 Å². The van der Waals surface area contributed by atoms with Crippen LogP contribution in [-0.4, -0.2) is 29.3 Å². The van der Waals surface area contributed by atoms with Gasteiger partial charge in [-0.2, -0.15) is 0 Å². The number of fused-ring (bicyclic) bond motifs is 1. The Balaban J connectivity index is 1.89. The molecule has 104 valence electrons. The van der Waals surface area contributed by atoms with E-state index in [0.717, 1.165) is 22.9 Å². The van der Waals surface area contributed by atoms with E-state index in [9.17, 15) is 4.79 Å². The molecule has 0 N–H and O–H groups in total. The Bertz CT molecular complexity index is 656. The van der Waals surface area contributed by atoms with Crippen LogP contribution in [0.15, 0.2) is 18.2 Å². The van der Waals surface area contributed by atoms with E-state index in [2.05, 4.69) is 9.59 Å². The molecular weight excluding hydrogens is 278 g/mol. The second-order valence-corrected chi connectivity index (χ2v) is 5.06. The van der Waals surface area contributed by atoms with Crippen molar-refractivity contribution in [2.24, 2.45) is 0 Å². The minimum atomic E-state index is -0.115. The average Bonchev–Trinajstić information content (AvgIpc) is 3.12. The van der Waals surface area contributed by atoms with Gasteiger partial charge in [-0.3, -0.25) is 4.79 Å². The van der Waals surface area contributed by atoms with Gasteiger partial charge in [0.25, 0.3) is 5.91 Å². The number of carbonyl (C=O) groups excluding carboxylic acids is 1. The number of amides is 1. The number of carbonyl (C=O) groups is 1. The SMILES string of the molecule is CCc1nnsc1C(=O)N(C)c1ccc2c(c1)OCO2. The molecule has 3 rings (SSSR count). The first-order valence-corrected chi connectivity index (χ1v) is 6.97. The van der Waals surface area contributed by atoms with Gasteiger partial charge >= 0.3 is 0 Å². The lowest BCUT2D eigenvalue weighted by molar-refractivity contribution is 0.0996. The largest absolute Gasteiger partial charge is 0.454 e. The Hall–Kier alpha value is -2.15. The van der Waals surface area contributed by atoms with Gasteiger partial charge in [0, 0.05) is 18.8 Å². The summed E-state index contributed by atoms with van der Waals surface area (Å²) in [5, 5.41) is 3.97. The molecule has 6 nitrogen and oxygen atoms in total. The van der Waals surface area contributed by atoms with Crippen molar-refractivity contribution in [3.63, 3.8) is 0 Å². The molecule has 0 unspecified atom stereocenters. The van der Waals surface area contributed by atoms with Crippen molar-refractivity contribution in [1.29, 1.82) is 0 Å². The van der Waals surface area contributed by atoms with Gasteiger partial charge in [0.05, 0.1) is 5.69 Å². The lowest BCUT2D eigenvalue weighted by Crippen LogP contribution is -2.26. The second kappa shape index (κ2) is 5.09. The van der Waals surface area contributed by atoms with Gasteiger partial charge in [0.2, 0.25) is 6.79 Å². The molecule has 7 heteroatoms. The van der Waals surface area contributed by atoms with E-state index in [1.165, 1.54) is 0 Å². The fourth-order valence-corrected chi connectivity index (χ4v) is 2.69. The molecule has 1 aromatic carbocycles. The number of rotatable bonds is 3. The van der Waals surface area contributed by atoms with Crippen molar-refractivity contribution in [3.05, 3.63) is 28.8 Å². The Morgan fingerprint density at radius 1 is 1.40 bits per heavy atom. The summed E-state index contributed by atoms with van der Waals surface area (Å²) in [6.07, 6.45) is 0.687. The third-order valence-electron chi connectivity index (χ3n) is 3.13. The van der Waals surface area contributed by atoms with Crippen molar-refractivity contribution in [2.75, 3.05) is 18.7 Å². The number of hydrogen-bond acceptors (Lipinski definition) is 6. The highest BCUT2D eigenvalue weighted by molar-refractivity contribution is 7.08. The van der Waals surface area contributed by atoms with Crippen LogP contribution in [0, 0.1) is 0 Å². The summed E-state index contributed by atoms with van der Waals surface area (Å²) in [7, 11) is 1.72. The van der Waals surface area contributed by atoms with E-state index < -0.39 is 0 Å². The van der Waals surface area contributed by atoms with Crippen LogP contribution in [0.3, 0.4) is 0 Å². The summed E-state index contributed by atoms with van der Waals surface area (Å²) in [5.74, 6) is 1.24. The molecule has 0 spiro atoms. The number of aryl methyl sites for hydroxylation is 1. The van der Waals surface area contributed by atoms with Crippen LogP contribution in [0.5, 0.6) is 11.5 Å². The Morgan fingerprint density at radius 2 is 2.20 bits per heavy atom. The first-order valence-electron chi connectivity index (χ1n) is 6.19. The molecule has 0 atom stereocenters. The molecule has 1 aliphatic rings. The average molecular weight is 291 g/mol. The lowest BCUT2D eigenvalue weighted by Gasteiger charge is -2.16. The number of hydrogen-bond donors (Lipinski definition) is 0. The minimum Gasteiger partial charge on any atom is -0.454 e. The van der Waals surface area contributed by atoms with Crippen LogP contribution in [-0.2, 0) is 6.42 Å². The number of benzene rings is 1. The smallest absolute Gasteiger partial charge is 0.271 e. The Labute approximate surface area is 120 Å². The van der Waals surface area contributed by atoms with Crippen LogP contribution < -0.4 is 14.4 Å². The van der Waals surface area contributed by atoms with Gasteiger partial charge in [0.1, 0.15) is 4.88 Å². The van der Waals surface area contributed by atoms with Gasteiger partial charge in [-0.05, 0) is 30.1 Å². The zero-order valence-electron chi connectivity index (χ0n) is 11.1. The fraction of sp³-hybridized carbons (Fsp3) is 0.308. The topological polar surface area (TPSA) is 64.6 Å². The van der Waals surface area contributed by atoms with E-state index in [-0.39, 0.29) is 12.7 Å². The van der Waals surface area contributed by atoms with Crippen LogP contribution in [0.2, 0.25) is 0 Å². The Morgan fingerprint density at radius 3 is 3.00 bits per heavy atom. The van der Waals surface area contributed by atoms with Gasteiger partial charge in [-0.25, -0.2) is 0 Å². The fourth-order valence-electron chi connectivity index (χ4n) is 1.97. The number of aromatic nitrogens is 2. The van der Waals surface area contributed by atoms with E-state index in [1.807, 2.05) is 13.0 Å². The molecule has 0 saturated carbocycles. The van der Waals surface area contributed by atoms with Crippen LogP contribution >= 0.6 is 11.5 Å². The van der Waals surface area contributed by atoms with Crippen LogP contribution in [0.1, 0.15) is 22.3 Å². The zero-order valence-corrected chi connectivity index (χ0v) is 11.9. The lowest BCUT2D eigenvalue weighted by atomic mass is 10.2. The molecule has 2 aromatic rings. The molecule has 20 heavy (non-hydrogen) atoms. The number of anilines is 1. The molecule has 2 heterocycles. The standard InChI is InChI=1S/C13H13N3O3S/c1-3-9-12(20-15-14-9)13(17)16(2)8-4-5-10-11(6-8)19-7-18-10/h4-6H,3,7H2,1-2H3. The minimum absolute atomic E-state index is 0.115. The maximum absolute atomic E-state index is 12.5. The molecule has 0 fully saturated rings. The molecule has 0 aliphatic carbocycles. The number of nitrogens with zero attached hydrogens (tertiary/aromatic N) is 3. The summed E-state index contributed by atoms with van der Waals surface area (Å²) in [6, 6.07) is 5.42. The third kappa shape index (κ3) is 2.09. The molecule has 0 radical (unpaired) electrons. The molecular formula is C13H13N3O3S. The highest BCUT2D eigenvalue weighted by Gasteiger charge is 2.22. The predicted molar refractivity (Wildman–Crippen MR) is 74.6 cm³/mol. The van der Waals surface area contributed by atoms with Crippen molar-refractivity contribution >= 4 is 23.1 Å². The van der Waals surface area contributed by atoms with E-state index in [4.69, 9.17) is 9.47 Å². The second-order valence-electron chi connectivity index (χ2n) is 4.30. The first kappa shape index (κ1) is 12.9. The molecule has 1 amide bonds. The summed E-state index contributed by atoms with van der Waals surface area (Å²) in [5.41, 5.74) is 1.47. The van der Waals surface area contributed by atoms with E-state index in [1.54, 1.807) is 24.1 Å². The Kier molecular flexibility index (Phi) is 3.27. The first-order chi connectivity index (χ1) is 9.70. The normalized spacial score (nSPS) is 12.5. The molecule has 0 saturated heterocycles. The van der Waals surface area contributed by atoms with Crippen LogP contribution in [0.4, 0.5) is 5.69 Å². The molecule has 1 aromatic heterocycles. The highest BCUT2D eigenvalue weighted by atomic mass is 32.1. The summed E-state index contributed by atoms with van der Waals surface area (Å²) >= 11 is 1.12. The third-order valence-corrected chi connectivity index (χ3v) is 3.89. The monoisotopic (exact) mass is 291 g/mol. The van der Waals surface area contributed by atoms with Gasteiger partial charge < -0.3 is 14.4 Å². The summed E-state index contributed by atoms with van der Waals surface area (Å²) < 4.78 is 14.4. The van der Waals surface area contributed by atoms with Crippen molar-refractivity contribution < 1.29 is 14.3 Å². The molecule has 1 aliphatic heterocycles. The number of ether oxygens (including phenoxy) is 2. The zero-order chi connectivity index (χ0) is 14.1. The maximum atomic E-state index is 12.5. The molecule has 0 bridgehead atoms. The van der Waals surface area contributed by atoms with E-state index >= 15 is 0 Å². The summed E-state index contributed by atoms with van der Waals surface area (Å²) in [4.78, 5) is 14.6. The highest BCUT2D eigenvalue weighted by Crippen LogP contribution is 2.35. The van der Waals surface area contributed by atoms with Gasteiger partial charge in [-0.15, -0.1) is 5.10 Å². The van der Waals surface area contributed by atoms with Gasteiger partial charge in [0.15, 0.2) is 11.5 Å². The van der Waals surface area contributed by atoms with Crippen molar-refractivity contribution in [1.82, 2.24) is 9.59 Å². The van der Waals surface area contributed by atoms with Crippen LogP contribution in [0.25, 0.3) is 0 Å². The predicted octanol–water partition coefficient (Wildman–Crippen LogP) is 2.11. The van der Waals surface area contributed by atoms with Crippen molar-refractivity contribution in [2.45, 2.75) is 13.3 Å². The quantitative estimate of drug-likeness (QED) is 0.866.